The van der Waals surface area contributed by atoms with E-state index in [4.69, 9.17) is 0 Å². The number of nitrogens with zero attached hydrogens (tertiary/aromatic N) is 2. The number of hydrogen-bond donors (Lipinski definition) is 1. The fraction of sp³-hybridized carbons (Fsp3) is 0.435. The average Bonchev–Trinajstić information content (AvgIpc) is 2.97. The Morgan fingerprint density at radius 1 is 0.964 bits per heavy atom. The summed E-state index contributed by atoms with van der Waals surface area (Å²) in [5.74, 6) is -0.332. The van der Waals surface area contributed by atoms with Gasteiger partial charge in [-0.05, 0) is 48.1 Å². The lowest BCUT2D eigenvalue weighted by molar-refractivity contribution is 0.0761. The molecule has 5 nitrogen and oxygen atoms in total. The number of nitrogens with one attached hydrogen (secondary N) is 1. The fourth-order valence-corrected chi connectivity index (χ4v) is 3.39. The Hall–Kier alpha value is -2.69. The third kappa shape index (κ3) is 4.97. The van der Waals surface area contributed by atoms with Crippen molar-refractivity contribution in [3.05, 3.63) is 59.4 Å². The number of aromatic nitrogens is 1. The first-order valence-corrected chi connectivity index (χ1v) is 10.0. The zero-order chi connectivity index (χ0) is 20.1. The number of carbonyl (C=O) groups is 2. The summed E-state index contributed by atoms with van der Waals surface area (Å²) in [6.45, 7) is 8.01. The van der Waals surface area contributed by atoms with Crippen LogP contribution in [0.15, 0.2) is 42.6 Å². The summed E-state index contributed by atoms with van der Waals surface area (Å²) in [5, 5.41) is 2.87. The Kier molecular flexibility index (Phi) is 6.12. The highest BCUT2D eigenvalue weighted by Crippen LogP contribution is 2.23. The molecule has 0 saturated carbocycles. The van der Waals surface area contributed by atoms with Crippen molar-refractivity contribution in [2.75, 3.05) is 18.4 Å². The quantitative estimate of drug-likeness (QED) is 0.844. The van der Waals surface area contributed by atoms with Crippen molar-refractivity contribution in [3.63, 3.8) is 0 Å². The van der Waals surface area contributed by atoms with Crippen LogP contribution >= 0.6 is 0 Å². The molecule has 1 N–H and O–H groups in total. The van der Waals surface area contributed by atoms with E-state index in [9.17, 15) is 9.59 Å². The van der Waals surface area contributed by atoms with Gasteiger partial charge < -0.3 is 10.2 Å². The number of likely N-dealkylation sites (tertiary alicyclic amines) is 1. The Morgan fingerprint density at radius 2 is 1.61 bits per heavy atom. The number of carbonyl (C=O) groups excluding carboxylic acids is 2. The van der Waals surface area contributed by atoms with Crippen molar-refractivity contribution in [1.29, 1.82) is 0 Å². The monoisotopic (exact) mass is 379 g/mol. The molecule has 0 aliphatic carbocycles. The average molecular weight is 380 g/mol. The smallest absolute Gasteiger partial charge is 0.274 e. The molecule has 1 fully saturated rings. The fourth-order valence-electron chi connectivity index (χ4n) is 3.39. The van der Waals surface area contributed by atoms with Crippen LogP contribution in [0.5, 0.6) is 0 Å². The van der Waals surface area contributed by atoms with Gasteiger partial charge in [-0.3, -0.25) is 14.6 Å². The molecule has 1 aliphatic rings. The van der Waals surface area contributed by atoms with Crippen LogP contribution in [0.1, 0.15) is 72.9 Å². The minimum absolute atomic E-state index is 0.0205. The van der Waals surface area contributed by atoms with Gasteiger partial charge in [0.05, 0.1) is 0 Å². The first-order chi connectivity index (χ1) is 13.3. The second kappa shape index (κ2) is 8.55. The van der Waals surface area contributed by atoms with Crippen LogP contribution in [0.3, 0.4) is 0 Å². The van der Waals surface area contributed by atoms with Gasteiger partial charge in [-0.2, -0.15) is 0 Å². The van der Waals surface area contributed by atoms with E-state index in [-0.39, 0.29) is 22.9 Å². The zero-order valence-electron chi connectivity index (χ0n) is 17.0. The highest BCUT2D eigenvalue weighted by Gasteiger charge is 2.19. The molecule has 28 heavy (non-hydrogen) atoms. The van der Waals surface area contributed by atoms with E-state index in [1.165, 1.54) is 24.6 Å². The molecule has 3 rings (SSSR count). The molecule has 148 valence electrons. The van der Waals surface area contributed by atoms with Gasteiger partial charge in [0.15, 0.2) is 0 Å². The van der Waals surface area contributed by atoms with Crippen LogP contribution in [0.2, 0.25) is 0 Å². The molecular weight excluding hydrogens is 350 g/mol. The Bertz CT molecular complexity index is 830. The zero-order valence-corrected chi connectivity index (χ0v) is 17.0. The lowest BCUT2D eigenvalue weighted by Crippen LogP contribution is -2.32. The number of benzene rings is 1. The van der Waals surface area contributed by atoms with E-state index in [1.807, 2.05) is 29.2 Å². The summed E-state index contributed by atoms with van der Waals surface area (Å²) in [6.07, 6.45) is 5.94. The van der Waals surface area contributed by atoms with Crippen LogP contribution in [-0.2, 0) is 5.41 Å². The van der Waals surface area contributed by atoms with Gasteiger partial charge in [0.1, 0.15) is 5.69 Å². The van der Waals surface area contributed by atoms with E-state index >= 15 is 0 Å². The molecule has 0 unspecified atom stereocenters. The molecule has 2 amide bonds. The standard InChI is InChI=1S/C23H29N3O2/c1-23(2,3)18-8-10-19(11-9-18)25-21(27)20-16-17(12-13-24-20)22(28)26-14-6-4-5-7-15-26/h8-13,16H,4-7,14-15H2,1-3H3,(H,25,27). The van der Waals surface area contributed by atoms with Gasteiger partial charge >= 0.3 is 0 Å². The minimum Gasteiger partial charge on any atom is -0.339 e. The maximum Gasteiger partial charge on any atom is 0.274 e. The number of pyridine rings is 1. The minimum atomic E-state index is -0.311. The highest BCUT2D eigenvalue weighted by atomic mass is 16.2. The van der Waals surface area contributed by atoms with Crippen LogP contribution in [0, 0.1) is 0 Å². The molecule has 1 saturated heterocycles. The van der Waals surface area contributed by atoms with Crippen LogP contribution in [0.4, 0.5) is 5.69 Å². The van der Waals surface area contributed by atoms with E-state index < -0.39 is 0 Å². The van der Waals surface area contributed by atoms with Crippen molar-refractivity contribution < 1.29 is 9.59 Å². The van der Waals surface area contributed by atoms with Crippen molar-refractivity contribution in [3.8, 4) is 0 Å². The number of amides is 2. The van der Waals surface area contributed by atoms with E-state index in [1.54, 1.807) is 12.1 Å². The van der Waals surface area contributed by atoms with Crippen LogP contribution < -0.4 is 5.32 Å². The molecule has 5 heteroatoms. The number of hydrogen-bond acceptors (Lipinski definition) is 3. The highest BCUT2D eigenvalue weighted by molar-refractivity contribution is 6.04. The molecule has 0 atom stereocenters. The molecule has 0 spiro atoms. The Balaban J connectivity index is 1.70. The normalized spacial score (nSPS) is 15.0. The van der Waals surface area contributed by atoms with Gasteiger partial charge in [-0.25, -0.2) is 0 Å². The summed E-state index contributed by atoms with van der Waals surface area (Å²) in [4.78, 5) is 31.4. The van der Waals surface area contributed by atoms with Gasteiger partial charge in [0.25, 0.3) is 11.8 Å². The predicted octanol–water partition coefficient (Wildman–Crippen LogP) is 4.65. The lowest BCUT2D eigenvalue weighted by Gasteiger charge is -2.20. The molecule has 0 bridgehead atoms. The SMILES string of the molecule is CC(C)(C)c1ccc(NC(=O)c2cc(C(=O)N3CCCCCC3)ccn2)cc1. The van der Waals surface area contributed by atoms with Gasteiger partial charge in [0, 0.05) is 30.5 Å². The third-order valence-electron chi connectivity index (χ3n) is 5.14. The first kappa shape index (κ1) is 20.1. The second-order valence-corrected chi connectivity index (χ2v) is 8.42. The lowest BCUT2D eigenvalue weighted by atomic mass is 9.87. The Labute approximate surface area is 167 Å². The summed E-state index contributed by atoms with van der Waals surface area (Å²) >= 11 is 0. The van der Waals surface area contributed by atoms with Crippen molar-refractivity contribution >= 4 is 17.5 Å². The molecule has 1 aromatic heterocycles. The Morgan fingerprint density at radius 3 is 2.21 bits per heavy atom. The van der Waals surface area contributed by atoms with Crippen molar-refractivity contribution in [2.24, 2.45) is 0 Å². The predicted molar refractivity (Wildman–Crippen MR) is 112 cm³/mol. The maximum atomic E-state index is 12.8. The molecule has 0 radical (unpaired) electrons. The summed E-state index contributed by atoms with van der Waals surface area (Å²) in [7, 11) is 0. The largest absolute Gasteiger partial charge is 0.339 e. The summed E-state index contributed by atoms with van der Waals surface area (Å²) in [6, 6.07) is 11.1. The van der Waals surface area contributed by atoms with Gasteiger partial charge in [-0.1, -0.05) is 45.7 Å². The second-order valence-electron chi connectivity index (χ2n) is 8.42. The first-order valence-electron chi connectivity index (χ1n) is 10.0. The van der Waals surface area contributed by atoms with E-state index in [0.29, 0.717) is 11.3 Å². The topological polar surface area (TPSA) is 62.3 Å². The van der Waals surface area contributed by atoms with Crippen LogP contribution in [0.25, 0.3) is 0 Å². The molecule has 2 heterocycles. The summed E-state index contributed by atoms with van der Waals surface area (Å²) in [5.41, 5.74) is 2.75. The van der Waals surface area contributed by atoms with Crippen molar-refractivity contribution in [1.82, 2.24) is 9.88 Å². The third-order valence-corrected chi connectivity index (χ3v) is 5.14. The van der Waals surface area contributed by atoms with E-state index in [0.717, 1.165) is 25.9 Å². The molecule has 2 aromatic rings. The number of anilines is 1. The van der Waals surface area contributed by atoms with Crippen molar-refractivity contribution in [2.45, 2.75) is 51.9 Å². The number of rotatable bonds is 3. The maximum absolute atomic E-state index is 12.8. The molecule has 1 aliphatic heterocycles. The molecule has 1 aromatic carbocycles. The van der Waals surface area contributed by atoms with Gasteiger partial charge in [0.2, 0.25) is 0 Å². The molecular formula is C23H29N3O2. The van der Waals surface area contributed by atoms with E-state index in [2.05, 4.69) is 31.1 Å². The van der Waals surface area contributed by atoms with Gasteiger partial charge in [-0.15, -0.1) is 0 Å². The van der Waals surface area contributed by atoms with Crippen LogP contribution in [-0.4, -0.2) is 34.8 Å². The summed E-state index contributed by atoms with van der Waals surface area (Å²) < 4.78 is 0.